The third-order valence-corrected chi connectivity index (χ3v) is 6.86. The van der Waals surface area contributed by atoms with Crippen LogP contribution in [0, 0.1) is 25.7 Å². The maximum Gasteiger partial charge on any atom is 0.297 e. The van der Waals surface area contributed by atoms with Gasteiger partial charge in [-0.3, -0.25) is 8.37 Å². The highest BCUT2D eigenvalue weighted by Crippen LogP contribution is 2.35. The summed E-state index contributed by atoms with van der Waals surface area (Å²) in [6.07, 6.45) is 0. The Morgan fingerprint density at radius 2 is 1.00 bits per heavy atom. The molecule has 6 nitrogen and oxygen atoms in total. The van der Waals surface area contributed by atoms with Crippen molar-refractivity contribution in [2.75, 3.05) is 13.2 Å². The minimum Gasteiger partial charge on any atom is -0.266 e. The lowest BCUT2D eigenvalue weighted by Gasteiger charge is -2.17. The van der Waals surface area contributed by atoms with Crippen molar-refractivity contribution in [2.24, 2.45) is 11.8 Å². The van der Waals surface area contributed by atoms with E-state index in [9.17, 15) is 16.8 Å². The van der Waals surface area contributed by atoms with Crippen LogP contribution in [0.15, 0.2) is 46.2 Å². The molecule has 0 fully saturated rings. The van der Waals surface area contributed by atoms with Gasteiger partial charge in [-0.1, -0.05) is 52.0 Å². The number of rotatable bonds is 9. The van der Waals surface area contributed by atoms with E-state index in [1.165, 1.54) is 12.1 Å². The van der Waals surface area contributed by atoms with Crippen molar-refractivity contribution in [3.8, 4) is 11.1 Å². The van der Waals surface area contributed by atoms with E-state index in [4.69, 9.17) is 8.37 Å². The first-order chi connectivity index (χ1) is 13.8. The summed E-state index contributed by atoms with van der Waals surface area (Å²) >= 11 is 0. The third kappa shape index (κ3) is 6.14. The van der Waals surface area contributed by atoms with E-state index in [0.717, 1.165) is 11.1 Å². The first-order valence-corrected chi connectivity index (χ1v) is 12.7. The van der Waals surface area contributed by atoms with Crippen LogP contribution in [0.2, 0.25) is 0 Å². The van der Waals surface area contributed by atoms with Crippen LogP contribution in [0.25, 0.3) is 11.1 Å². The molecule has 0 spiro atoms. The Kier molecular flexibility index (Phi) is 7.85. The Bertz CT molecular complexity index is 1010. The van der Waals surface area contributed by atoms with E-state index < -0.39 is 20.2 Å². The second-order valence-electron chi connectivity index (χ2n) is 8.26. The zero-order chi connectivity index (χ0) is 22.7. The quantitative estimate of drug-likeness (QED) is 0.511. The largest absolute Gasteiger partial charge is 0.297 e. The lowest BCUT2D eigenvalue weighted by molar-refractivity contribution is 0.274. The lowest BCUT2D eigenvalue weighted by Crippen LogP contribution is -2.14. The highest BCUT2D eigenvalue weighted by Gasteiger charge is 2.27. The smallest absolute Gasteiger partial charge is 0.266 e. The van der Waals surface area contributed by atoms with Crippen molar-refractivity contribution >= 4 is 20.2 Å². The van der Waals surface area contributed by atoms with Gasteiger partial charge in [0.05, 0.1) is 13.2 Å². The first-order valence-electron chi connectivity index (χ1n) is 9.84. The average Bonchev–Trinajstić information content (AvgIpc) is 2.65. The number of benzene rings is 2. The molecule has 0 amide bonds. The van der Waals surface area contributed by atoms with Crippen LogP contribution in [-0.2, 0) is 28.6 Å². The fraction of sp³-hybridized carbons (Fsp3) is 0.455. The van der Waals surface area contributed by atoms with Crippen molar-refractivity contribution in [2.45, 2.75) is 51.3 Å². The Balaban J connectivity index is 2.69. The Hall–Kier alpha value is -1.74. The summed E-state index contributed by atoms with van der Waals surface area (Å²) in [6.45, 7) is 11.0. The SMILES string of the molecule is Cc1ccc(-c2ccc(C)cc2S(=O)(=O)OCC(C)C)c(S(=O)(=O)OCC(C)C)c1. The van der Waals surface area contributed by atoms with Crippen molar-refractivity contribution in [1.82, 2.24) is 0 Å². The van der Waals surface area contributed by atoms with Gasteiger partial charge in [0.15, 0.2) is 0 Å². The van der Waals surface area contributed by atoms with Crippen LogP contribution in [0.1, 0.15) is 38.8 Å². The van der Waals surface area contributed by atoms with Crippen LogP contribution < -0.4 is 0 Å². The van der Waals surface area contributed by atoms with E-state index in [1.807, 2.05) is 27.7 Å². The number of hydrogen-bond acceptors (Lipinski definition) is 6. The molecule has 0 heterocycles. The molecule has 0 radical (unpaired) electrons. The van der Waals surface area contributed by atoms with Crippen LogP contribution >= 0.6 is 0 Å². The zero-order valence-corrected chi connectivity index (χ0v) is 19.9. The Morgan fingerprint density at radius 3 is 1.30 bits per heavy atom. The molecule has 2 aromatic carbocycles. The number of aryl methyl sites for hydroxylation is 2. The molecule has 0 aliphatic rings. The molecule has 0 aromatic heterocycles. The Morgan fingerprint density at radius 1 is 0.667 bits per heavy atom. The summed E-state index contributed by atoms with van der Waals surface area (Å²) in [7, 11) is -8.18. The molecular formula is C22H30O6S2. The second-order valence-corrected chi connectivity index (χ2v) is 11.4. The predicted octanol–water partition coefficient (Wildman–Crippen LogP) is 4.69. The van der Waals surface area contributed by atoms with Gasteiger partial charge in [-0.2, -0.15) is 16.8 Å². The third-order valence-electron chi connectivity index (χ3n) is 4.22. The normalized spacial score (nSPS) is 12.7. The summed E-state index contributed by atoms with van der Waals surface area (Å²) in [5, 5.41) is 0. The molecule has 0 saturated carbocycles. The predicted molar refractivity (Wildman–Crippen MR) is 117 cm³/mol. The molecule has 0 unspecified atom stereocenters. The molecule has 0 bridgehead atoms. The van der Waals surface area contributed by atoms with Crippen molar-refractivity contribution in [1.29, 1.82) is 0 Å². The summed E-state index contributed by atoms with van der Waals surface area (Å²) in [5.41, 5.74) is 1.96. The van der Waals surface area contributed by atoms with Gasteiger partial charge in [0, 0.05) is 11.1 Å². The summed E-state index contributed by atoms with van der Waals surface area (Å²) in [6, 6.07) is 9.68. The highest BCUT2D eigenvalue weighted by atomic mass is 32.2. The maximum atomic E-state index is 12.9. The van der Waals surface area contributed by atoms with E-state index in [0.29, 0.717) is 0 Å². The minimum atomic E-state index is -4.09. The Labute approximate surface area is 180 Å². The summed E-state index contributed by atoms with van der Waals surface area (Å²) < 4.78 is 62.1. The van der Waals surface area contributed by atoms with Gasteiger partial charge in [-0.25, -0.2) is 0 Å². The standard InChI is InChI=1S/C22H30O6S2/c1-15(2)13-27-29(23,24)21-11-17(5)7-9-19(21)20-10-8-18(6)12-22(20)30(25,26)28-14-16(3)4/h7-12,15-16H,13-14H2,1-6H3. The molecule has 8 heteroatoms. The minimum absolute atomic E-state index is 0.0211. The molecule has 2 rings (SSSR count). The van der Waals surface area contributed by atoms with Crippen LogP contribution in [0.4, 0.5) is 0 Å². The van der Waals surface area contributed by atoms with E-state index in [1.54, 1.807) is 38.1 Å². The van der Waals surface area contributed by atoms with Gasteiger partial charge in [-0.15, -0.1) is 0 Å². The van der Waals surface area contributed by atoms with Crippen molar-refractivity contribution in [3.63, 3.8) is 0 Å². The van der Waals surface area contributed by atoms with Crippen molar-refractivity contribution in [3.05, 3.63) is 47.5 Å². The monoisotopic (exact) mass is 454 g/mol. The number of hydrogen-bond donors (Lipinski definition) is 0. The molecule has 0 saturated heterocycles. The fourth-order valence-electron chi connectivity index (χ4n) is 2.70. The van der Waals surface area contributed by atoms with Crippen molar-refractivity contribution < 1.29 is 25.2 Å². The van der Waals surface area contributed by atoms with E-state index >= 15 is 0 Å². The molecular weight excluding hydrogens is 424 g/mol. The van der Waals surface area contributed by atoms with Gasteiger partial charge in [-0.05, 0) is 48.9 Å². The van der Waals surface area contributed by atoms with Crippen LogP contribution in [-0.4, -0.2) is 30.0 Å². The van der Waals surface area contributed by atoms with E-state index in [-0.39, 0.29) is 46.0 Å². The first kappa shape index (κ1) is 24.5. The molecule has 0 atom stereocenters. The van der Waals surface area contributed by atoms with Gasteiger partial charge in [0.1, 0.15) is 9.79 Å². The van der Waals surface area contributed by atoms with Gasteiger partial charge >= 0.3 is 0 Å². The summed E-state index contributed by atoms with van der Waals surface area (Å²) in [5.74, 6) is 0.0422. The molecule has 166 valence electrons. The van der Waals surface area contributed by atoms with E-state index in [2.05, 4.69) is 0 Å². The van der Waals surface area contributed by atoms with Crippen LogP contribution in [0.5, 0.6) is 0 Å². The van der Waals surface area contributed by atoms with Gasteiger partial charge in [0.25, 0.3) is 20.2 Å². The molecule has 2 aromatic rings. The highest BCUT2D eigenvalue weighted by molar-refractivity contribution is 7.87. The average molecular weight is 455 g/mol. The zero-order valence-electron chi connectivity index (χ0n) is 18.3. The van der Waals surface area contributed by atoms with Gasteiger partial charge in [0.2, 0.25) is 0 Å². The molecule has 30 heavy (non-hydrogen) atoms. The molecule has 0 aliphatic carbocycles. The van der Waals surface area contributed by atoms with Crippen LogP contribution in [0.3, 0.4) is 0 Å². The second kappa shape index (κ2) is 9.60. The van der Waals surface area contributed by atoms with Gasteiger partial charge < -0.3 is 0 Å². The molecule has 0 N–H and O–H groups in total. The molecule has 0 aliphatic heterocycles. The topological polar surface area (TPSA) is 86.7 Å². The maximum absolute atomic E-state index is 12.9. The fourth-order valence-corrected chi connectivity index (χ4v) is 5.41. The summed E-state index contributed by atoms with van der Waals surface area (Å²) in [4.78, 5) is -0.125. The lowest BCUT2D eigenvalue weighted by atomic mass is 10.0.